The van der Waals surface area contributed by atoms with E-state index in [1.54, 1.807) is 18.3 Å². The van der Waals surface area contributed by atoms with Crippen molar-refractivity contribution < 1.29 is 9.13 Å². The summed E-state index contributed by atoms with van der Waals surface area (Å²) in [6, 6.07) is 14.5. The molecule has 3 rings (SSSR count). The van der Waals surface area contributed by atoms with Crippen molar-refractivity contribution in [2.45, 2.75) is 0 Å². The molecule has 1 N–H and O–H groups in total. The summed E-state index contributed by atoms with van der Waals surface area (Å²) in [6.45, 7) is 0. The van der Waals surface area contributed by atoms with E-state index in [0.29, 0.717) is 5.13 Å². The summed E-state index contributed by atoms with van der Waals surface area (Å²) < 4.78 is 18.3. The summed E-state index contributed by atoms with van der Waals surface area (Å²) >= 11 is 1.47. The van der Waals surface area contributed by atoms with E-state index in [1.807, 2.05) is 35.7 Å². The Morgan fingerprint density at radius 1 is 1.22 bits per heavy atom. The van der Waals surface area contributed by atoms with Gasteiger partial charge in [0.05, 0.1) is 19.0 Å². The van der Waals surface area contributed by atoms with Crippen LogP contribution < -0.4 is 10.2 Å². The summed E-state index contributed by atoms with van der Waals surface area (Å²) in [7, 11) is 1.43. The normalized spacial score (nSPS) is 10.9. The van der Waals surface area contributed by atoms with Crippen LogP contribution in [0.25, 0.3) is 11.3 Å². The zero-order valence-corrected chi connectivity index (χ0v) is 13.2. The van der Waals surface area contributed by atoms with Gasteiger partial charge in [-0.05, 0) is 17.7 Å². The SMILES string of the molecule is COc1cc(C=NNc2nc(-c3ccccc3)cs2)ccc1F. The zero-order chi connectivity index (χ0) is 16.1. The van der Waals surface area contributed by atoms with Crippen LogP contribution in [0.4, 0.5) is 9.52 Å². The molecule has 3 aromatic rings. The lowest BCUT2D eigenvalue weighted by molar-refractivity contribution is 0.386. The lowest BCUT2D eigenvalue weighted by Gasteiger charge is -2.02. The monoisotopic (exact) mass is 327 g/mol. The van der Waals surface area contributed by atoms with Crippen molar-refractivity contribution in [2.24, 2.45) is 5.10 Å². The molecule has 0 spiro atoms. The second-order valence-electron chi connectivity index (χ2n) is 4.67. The van der Waals surface area contributed by atoms with Crippen molar-refractivity contribution in [1.29, 1.82) is 0 Å². The first-order valence-electron chi connectivity index (χ1n) is 6.90. The van der Waals surface area contributed by atoms with Gasteiger partial charge in [-0.3, -0.25) is 5.43 Å². The number of benzene rings is 2. The van der Waals surface area contributed by atoms with Gasteiger partial charge in [-0.1, -0.05) is 36.4 Å². The van der Waals surface area contributed by atoms with Crippen molar-refractivity contribution in [3.8, 4) is 17.0 Å². The molecule has 0 aliphatic heterocycles. The summed E-state index contributed by atoms with van der Waals surface area (Å²) in [5.41, 5.74) is 5.57. The second-order valence-corrected chi connectivity index (χ2v) is 5.53. The Bertz CT molecular complexity index is 818. The number of hydrogen-bond donors (Lipinski definition) is 1. The van der Waals surface area contributed by atoms with E-state index in [1.165, 1.54) is 24.5 Å². The number of thiazole rings is 1. The van der Waals surface area contributed by atoms with Crippen molar-refractivity contribution in [3.63, 3.8) is 0 Å². The quantitative estimate of drug-likeness (QED) is 0.558. The maximum Gasteiger partial charge on any atom is 0.203 e. The number of nitrogens with one attached hydrogen (secondary N) is 1. The molecule has 0 saturated carbocycles. The molecule has 6 heteroatoms. The Morgan fingerprint density at radius 3 is 2.83 bits per heavy atom. The van der Waals surface area contributed by atoms with Gasteiger partial charge < -0.3 is 4.74 Å². The lowest BCUT2D eigenvalue weighted by atomic mass is 10.2. The first-order chi connectivity index (χ1) is 11.3. The minimum absolute atomic E-state index is 0.189. The fourth-order valence-corrected chi connectivity index (χ4v) is 2.65. The second kappa shape index (κ2) is 7.02. The molecule has 0 unspecified atom stereocenters. The van der Waals surface area contributed by atoms with Crippen LogP contribution in [0.1, 0.15) is 5.56 Å². The Kier molecular flexibility index (Phi) is 4.63. The molecule has 0 saturated heterocycles. The van der Waals surface area contributed by atoms with Gasteiger partial charge in [0.25, 0.3) is 0 Å². The average molecular weight is 327 g/mol. The van der Waals surface area contributed by atoms with Gasteiger partial charge in [-0.25, -0.2) is 9.37 Å². The third kappa shape index (κ3) is 3.73. The summed E-state index contributed by atoms with van der Waals surface area (Å²) in [5, 5.41) is 6.77. The maximum absolute atomic E-state index is 13.3. The molecule has 1 heterocycles. The van der Waals surface area contributed by atoms with Gasteiger partial charge in [0.15, 0.2) is 11.6 Å². The van der Waals surface area contributed by atoms with E-state index < -0.39 is 5.82 Å². The standard InChI is InChI=1S/C17H14FN3OS/c1-22-16-9-12(7-8-14(16)18)10-19-21-17-20-15(11-23-17)13-5-3-2-4-6-13/h2-11H,1H3,(H,20,21). The predicted molar refractivity (Wildman–Crippen MR) is 91.7 cm³/mol. The van der Waals surface area contributed by atoms with Crippen LogP contribution in [0.2, 0.25) is 0 Å². The van der Waals surface area contributed by atoms with Crippen molar-refractivity contribution in [2.75, 3.05) is 12.5 Å². The number of aromatic nitrogens is 1. The number of nitrogens with zero attached hydrogens (tertiary/aromatic N) is 2. The Morgan fingerprint density at radius 2 is 2.04 bits per heavy atom. The minimum atomic E-state index is -0.398. The molecule has 0 aliphatic rings. The van der Waals surface area contributed by atoms with Crippen LogP contribution in [0, 0.1) is 5.82 Å². The fourth-order valence-electron chi connectivity index (χ4n) is 1.99. The van der Waals surface area contributed by atoms with Gasteiger partial charge in [0, 0.05) is 10.9 Å². The number of hydrogen-bond acceptors (Lipinski definition) is 5. The molecule has 0 atom stereocenters. The maximum atomic E-state index is 13.3. The molecular weight excluding hydrogens is 313 g/mol. The molecule has 1 aromatic heterocycles. The number of anilines is 1. The molecule has 0 aliphatic carbocycles. The Balaban J connectivity index is 1.68. The third-order valence-corrected chi connectivity index (χ3v) is 3.87. The van der Waals surface area contributed by atoms with Gasteiger partial charge in [0.1, 0.15) is 0 Å². The predicted octanol–water partition coefficient (Wildman–Crippen LogP) is 4.40. The van der Waals surface area contributed by atoms with Gasteiger partial charge in [-0.2, -0.15) is 5.10 Å². The highest BCUT2D eigenvalue weighted by molar-refractivity contribution is 7.14. The van der Waals surface area contributed by atoms with Crippen molar-refractivity contribution in [1.82, 2.24) is 4.98 Å². The topological polar surface area (TPSA) is 46.5 Å². The Hall–Kier alpha value is -2.73. The highest BCUT2D eigenvalue weighted by Crippen LogP contribution is 2.24. The van der Waals surface area contributed by atoms with Crippen molar-refractivity contribution >= 4 is 22.7 Å². The summed E-state index contributed by atoms with van der Waals surface area (Å²) in [4.78, 5) is 4.47. The van der Waals surface area contributed by atoms with Crippen LogP contribution in [-0.2, 0) is 0 Å². The smallest absolute Gasteiger partial charge is 0.203 e. The highest BCUT2D eigenvalue weighted by Gasteiger charge is 2.04. The molecular formula is C17H14FN3OS. The lowest BCUT2D eigenvalue weighted by Crippen LogP contribution is -1.93. The van der Waals surface area contributed by atoms with E-state index in [4.69, 9.17) is 4.74 Å². The minimum Gasteiger partial charge on any atom is -0.494 e. The summed E-state index contributed by atoms with van der Waals surface area (Å²) in [6.07, 6.45) is 1.59. The number of methoxy groups -OCH3 is 1. The molecule has 0 bridgehead atoms. The van der Waals surface area contributed by atoms with E-state index in [9.17, 15) is 4.39 Å². The largest absolute Gasteiger partial charge is 0.494 e. The highest BCUT2D eigenvalue weighted by atomic mass is 32.1. The van der Waals surface area contributed by atoms with Gasteiger partial charge in [-0.15, -0.1) is 11.3 Å². The molecule has 0 amide bonds. The Labute approximate surface area is 137 Å². The number of rotatable bonds is 5. The van der Waals surface area contributed by atoms with Gasteiger partial charge >= 0.3 is 0 Å². The first-order valence-corrected chi connectivity index (χ1v) is 7.78. The van der Waals surface area contributed by atoms with Crippen LogP contribution in [-0.4, -0.2) is 18.3 Å². The van der Waals surface area contributed by atoms with Crippen molar-refractivity contribution in [3.05, 3.63) is 65.3 Å². The number of hydrazone groups is 1. The van der Waals surface area contributed by atoms with Crippen LogP contribution in [0.15, 0.2) is 59.0 Å². The molecule has 116 valence electrons. The van der Waals surface area contributed by atoms with E-state index in [-0.39, 0.29) is 5.75 Å². The van der Waals surface area contributed by atoms with Crippen LogP contribution in [0.3, 0.4) is 0 Å². The number of halogens is 1. The molecule has 4 nitrogen and oxygen atoms in total. The molecule has 0 fully saturated rings. The molecule has 23 heavy (non-hydrogen) atoms. The van der Waals surface area contributed by atoms with E-state index >= 15 is 0 Å². The van der Waals surface area contributed by atoms with E-state index in [0.717, 1.165) is 16.8 Å². The van der Waals surface area contributed by atoms with E-state index in [2.05, 4.69) is 15.5 Å². The summed E-state index contributed by atoms with van der Waals surface area (Å²) in [5.74, 6) is -0.209. The van der Waals surface area contributed by atoms with Crippen LogP contribution in [0.5, 0.6) is 5.75 Å². The van der Waals surface area contributed by atoms with Gasteiger partial charge in [0.2, 0.25) is 5.13 Å². The third-order valence-electron chi connectivity index (χ3n) is 3.12. The first kappa shape index (κ1) is 15.2. The fraction of sp³-hybridized carbons (Fsp3) is 0.0588. The van der Waals surface area contributed by atoms with Crippen LogP contribution >= 0.6 is 11.3 Å². The number of ether oxygens (including phenoxy) is 1. The zero-order valence-electron chi connectivity index (χ0n) is 12.4. The molecule has 0 radical (unpaired) electrons. The average Bonchev–Trinajstić information content (AvgIpc) is 3.06. The molecule has 2 aromatic carbocycles.